The minimum atomic E-state index is -3.30. The predicted molar refractivity (Wildman–Crippen MR) is 103 cm³/mol. The van der Waals surface area contributed by atoms with Crippen LogP contribution in [0.3, 0.4) is 0 Å². The zero-order chi connectivity index (χ0) is 17.9. The van der Waals surface area contributed by atoms with Crippen LogP contribution in [0.15, 0.2) is 46.5 Å². The van der Waals surface area contributed by atoms with E-state index in [9.17, 15) is 13.2 Å². The highest BCUT2D eigenvalue weighted by Crippen LogP contribution is 2.26. The normalized spacial score (nSPS) is 11.2. The molecule has 0 aliphatic rings. The van der Waals surface area contributed by atoms with Crippen molar-refractivity contribution in [2.75, 3.05) is 16.3 Å². The Hall–Kier alpha value is -2.23. The molecule has 2 aromatic heterocycles. The van der Waals surface area contributed by atoms with Gasteiger partial charge in [-0.15, -0.1) is 11.3 Å². The van der Waals surface area contributed by atoms with Gasteiger partial charge in [0.1, 0.15) is 0 Å². The lowest BCUT2D eigenvalue weighted by atomic mass is 10.1. The lowest BCUT2D eigenvalue weighted by molar-refractivity contribution is -0.115. The molecule has 3 rings (SSSR count). The molecular weight excluding hydrogens is 378 g/mol. The fraction of sp³-hybridized carbons (Fsp3) is 0.125. The van der Waals surface area contributed by atoms with E-state index in [2.05, 4.69) is 15.0 Å². The summed E-state index contributed by atoms with van der Waals surface area (Å²) in [5, 5.41) is 9.06. The first-order chi connectivity index (χ1) is 11.9. The minimum absolute atomic E-state index is 0.105. The van der Waals surface area contributed by atoms with Crippen molar-refractivity contribution in [3.63, 3.8) is 0 Å². The summed E-state index contributed by atoms with van der Waals surface area (Å²) in [4.78, 5) is 16.4. The number of carbonyl (C=O) groups excluding carboxylic acids is 1. The third-order valence-electron chi connectivity index (χ3n) is 3.18. The second kappa shape index (κ2) is 7.34. The summed E-state index contributed by atoms with van der Waals surface area (Å²) in [5.41, 5.74) is 3.04. The molecule has 1 amide bonds. The van der Waals surface area contributed by atoms with Crippen LogP contribution in [0.5, 0.6) is 0 Å². The highest BCUT2D eigenvalue weighted by molar-refractivity contribution is 7.92. The van der Waals surface area contributed by atoms with E-state index in [0.717, 1.165) is 23.1 Å². The van der Waals surface area contributed by atoms with Gasteiger partial charge in [0.05, 0.1) is 18.4 Å². The van der Waals surface area contributed by atoms with Crippen LogP contribution in [0.25, 0.3) is 11.3 Å². The van der Waals surface area contributed by atoms with E-state index < -0.39 is 10.0 Å². The summed E-state index contributed by atoms with van der Waals surface area (Å²) in [6.45, 7) is 0. The van der Waals surface area contributed by atoms with E-state index >= 15 is 0 Å². The molecule has 0 saturated heterocycles. The number of rotatable bonds is 6. The number of aromatic nitrogens is 1. The number of hydrogen-bond donors (Lipinski definition) is 2. The second-order valence-electron chi connectivity index (χ2n) is 5.35. The number of carbonyl (C=O) groups is 1. The van der Waals surface area contributed by atoms with Crippen molar-refractivity contribution < 1.29 is 13.2 Å². The van der Waals surface area contributed by atoms with Gasteiger partial charge in [-0.2, -0.15) is 11.3 Å². The first-order valence-corrected chi connectivity index (χ1v) is 10.9. The molecule has 25 heavy (non-hydrogen) atoms. The Balaban J connectivity index is 1.65. The van der Waals surface area contributed by atoms with Crippen LogP contribution in [0.1, 0.15) is 5.56 Å². The summed E-state index contributed by atoms with van der Waals surface area (Å²) in [6.07, 6.45) is 1.43. The van der Waals surface area contributed by atoms with Crippen molar-refractivity contribution >= 4 is 49.4 Å². The van der Waals surface area contributed by atoms with Crippen LogP contribution in [0, 0.1) is 0 Å². The lowest BCUT2D eigenvalue weighted by Crippen LogP contribution is -2.13. The van der Waals surface area contributed by atoms with Gasteiger partial charge in [-0.25, -0.2) is 13.4 Å². The molecule has 130 valence electrons. The number of nitrogens with one attached hydrogen (secondary N) is 2. The zero-order valence-electron chi connectivity index (χ0n) is 13.2. The largest absolute Gasteiger partial charge is 0.302 e. The summed E-state index contributed by atoms with van der Waals surface area (Å²) >= 11 is 2.91. The fourth-order valence-corrected chi connectivity index (χ4v) is 4.10. The summed E-state index contributed by atoms with van der Waals surface area (Å²) < 4.78 is 24.8. The smallest absolute Gasteiger partial charge is 0.230 e. The molecule has 0 bridgehead atoms. The van der Waals surface area contributed by atoms with E-state index in [4.69, 9.17) is 0 Å². The van der Waals surface area contributed by atoms with Gasteiger partial charge in [-0.3, -0.25) is 9.52 Å². The average Bonchev–Trinajstić information content (AvgIpc) is 3.18. The molecule has 0 fully saturated rings. The maximum atomic E-state index is 12.0. The quantitative estimate of drug-likeness (QED) is 0.672. The highest BCUT2D eigenvalue weighted by Gasteiger charge is 2.09. The number of benzene rings is 1. The molecule has 1 aromatic carbocycles. The van der Waals surface area contributed by atoms with Crippen LogP contribution < -0.4 is 10.0 Å². The topological polar surface area (TPSA) is 88.2 Å². The van der Waals surface area contributed by atoms with Gasteiger partial charge < -0.3 is 5.32 Å². The first-order valence-electron chi connectivity index (χ1n) is 7.24. The van der Waals surface area contributed by atoms with Crippen molar-refractivity contribution in [1.29, 1.82) is 0 Å². The molecule has 0 atom stereocenters. The average molecular weight is 394 g/mol. The monoisotopic (exact) mass is 393 g/mol. The van der Waals surface area contributed by atoms with Gasteiger partial charge in [0, 0.05) is 16.6 Å². The standard InChI is InChI=1S/C16H15N3O3S3/c1-25(21,22)19-13-4-2-12(3-5-13)14-10-24-16(17-14)18-15(20)8-11-6-7-23-9-11/h2-7,9-10,19H,8H2,1H3,(H,17,18,20). The van der Waals surface area contributed by atoms with Gasteiger partial charge in [0.15, 0.2) is 5.13 Å². The van der Waals surface area contributed by atoms with Crippen molar-refractivity contribution in [2.45, 2.75) is 6.42 Å². The van der Waals surface area contributed by atoms with Gasteiger partial charge >= 0.3 is 0 Å². The van der Waals surface area contributed by atoms with Gasteiger partial charge in [0.2, 0.25) is 15.9 Å². The van der Waals surface area contributed by atoms with Gasteiger partial charge in [-0.1, -0.05) is 12.1 Å². The molecule has 0 aliphatic heterocycles. The summed E-state index contributed by atoms with van der Waals surface area (Å²) in [5.74, 6) is -0.105. The summed E-state index contributed by atoms with van der Waals surface area (Å²) in [7, 11) is -3.30. The Labute approximate surface area is 153 Å². The Morgan fingerprint density at radius 2 is 1.92 bits per heavy atom. The molecule has 3 aromatic rings. The fourth-order valence-electron chi connectivity index (χ4n) is 2.13. The Bertz CT molecular complexity index is 962. The van der Waals surface area contributed by atoms with E-state index in [1.54, 1.807) is 35.6 Å². The number of sulfonamides is 1. The first kappa shape index (κ1) is 17.6. The second-order valence-corrected chi connectivity index (χ2v) is 8.73. The molecule has 2 heterocycles. The molecule has 0 saturated carbocycles. The van der Waals surface area contributed by atoms with Crippen molar-refractivity contribution in [2.24, 2.45) is 0 Å². The number of anilines is 2. The third-order valence-corrected chi connectivity index (χ3v) is 5.28. The molecule has 0 radical (unpaired) electrons. The van der Waals surface area contributed by atoms with Crippen LogP contribution in [0.2, 0.25) is 0 Å². The number of amides is 1. The van der Waals surface area contributed by atoms with E-state index in [0.29, 0.717) is 17.2 Å². The minimum Gasteiger partial charge on any atom is -0.302 e. The van der Waals surface area contributed by atoms with Crippen LogP contribution in [-0.2, 0) is 21.2 Å². The lowest BCUT2D eigenvalue weighted by Gasteiger charge is -2.04. The Morgan fingerprint density at radius 1 is 1.16 bits per heavy atom. The maximum absolute atomic E-state index is 12.0. The molecule has 9 heteroatoms. The van der Waals surface area contributed by atoms with E-state index in [1.807, 2.05) is 22.2 Å². The Morgan fingerprint density at radius 3 is 2.56 bits per heavy atom. The molecule has 0 unspecified atom stereocenters. The van der Waals surface area contributed by atoms with E-state index in [1.165, 1.54) is 11.3 Å². The maximum Gasteiger partial charge on any atom is 0.230 e. The number of thiophene rings is 1. The van der Waals surface area contributed by atoms with Crippen molar-refractivity contribution in [3.05, 3.63) is 52.0 Å². The van der Waals surface area contributed by atoms with Crippen molar-refractivity contribution in [1.82, 2.24) is 4.98 Å². The number of hydrogen-bond acceptors (Lipinski definition) is 6. The molecule has 2 N–H and O–H groups in total. The number of nitrogens with zero attached hydrogens (tertiary/aromatic N) is 1. The number of thiazole rings is 1. The van der Waals surface area contributed by atoms with E-state index in [-0.39, 0.29) is 5.91 Å². The molecule has 6 nitrogen and oxygen atoms in total. The van der Waals surface area contributed by atoms with Gasteiger partial charge in [0.25, 0.3) is 0 Å². The molecular formula is C16H15N3O3S3. The van der Waals surface area contributed by atoms with Crippen LogP contribution in [-0.4, -0.2) is 25.6 Å². The predicted octanol–water partition coefficient (Wildman–Crippen LogP) is 3.42. The third kappa shape index (κ3) is 5.12. The van der Waals surface area contributed by atoms with Gasteiger partial charge in [-0.05, 0) is 34.5 Å². The Kier molecular flexibility index (Phi) is 5.16. The van der Waals surface area contributed by atoms with Crippen LogP contribution in [0.4, 0.5) is 10.8 Å². The SMILES string of the molecule is CS(=O)(=O)Nc1ccc(-c2csc(NC(=O)Cc3ccsc3)n2)cc1. The highest BCUT2D eigenvalue weighted by atomic mass is 32.2. The van der Waals surface area contributed by atoms with Crippen LogP contribution >= 0.6 is 22.7 Å². The van der Waals surface area contributed by atoms with Crippen molar-refractivity contribution in [3.8, 4) is 11.3 Å². The summed E-state index contributed by atoms with van der Waals surface area (Å²) in [6, 6.07) is 8.82. The molecule has 0 spiro atoms. The molecule has 0 aliphatic carbocycles. The zero-order valence-corrected chi connectivity index (χ0v) is 15.7.